The molecule has 0 radical (unpaired) electrons. The molecule has 0 spiro atoms. The Morgan fingerprint density at radius 1 is 0.548 bits per heavy atom. The van der Waals surface area contributed by atoms with Crippen LogP contribution in [0.4, 0.5) is 0 Å². The molecule has 2 saturated heterocycles. The highest BCUT2D eigenvalue weighted by Crippen LogP contribution is 2.54. The van der Waals surface area contributed by atoms with Gasteiger partial charge in [0.1, 0.15) is 34.2 Å². The molecule has 22 heteroatoms. The molecule has 442 valence electrons. The van der Waals surface area contributed by atoms with Crippen LogP contribution in [0.3, 0.4) is 0 Å². The lowest BCUT2D eigenvalue weighted by Crippen LogP contribution is -2.54. The maximum absolute atomic E-state index is 14.1. The summed E-state index contributed by atoms with van der Waals surface area (Å²) in [4.78, 5) is 82.0. The Balaban J connectivity index is 0.763. The van der Waals surface area contributed by atoms with Gasteiger partial charge in [0, 0.05) is 108 Å². The number of hydrogen-bond donors (Lipinski definition) is 12. The van der Waals surface area contributed by atoms with Crippen molar-refractivity contribution in [1.29, 1.82) is 0 Å². The molecule has 9 unspecified atom stereocenters. The zero-order valence-electron chi connectivity index (χ0n) is 46.2. The standard InChI is InChI=1S/C62H64N2O20/c1-25-51(69)37(15-41(81-25)83-39-19-61(79,27(3)67)17-35-45(39)59(77)49-47(55(35)73)53(71)33-9-5-7-31(23-65)43(33)57(49)75)63-21-29-11-13-30(14-12-29)22-64-38-16-42(82-26(2)52(38)70)84-40-20-62(80,28(4)68)18-36-46(40)60(78)50-48(56(36)74)54(72)34-10-6-8-32(24-66)44(34)58(50)76/h5-14,25-26,37-42,51-52,63-66,69-70,73-74,77-80H,15-24H2,1-4H3/t25?,26?,37?,38?,39-,40?,41?,42?,51?,52?,61-,62-/m0/s1. The Morgan fingerprint density at radius 2 is 0.905 bits per heavy atom. The van der Waals surface area contributed by atoms with Gasteiger partial charge >= 0.3 is 0 Å². The van der Waals surface area contributed by atoms with Crippen LogP contribution < -0.4 is 10.6 Å². The predicted molar refractivity (Wildman–Crippen MR) is 291 cm³/mol. The summed E-state index contributed by atoms with van der Waals surface area (Å²) in [5, 5.41) is 120. The van der Waals surface area contributed by atoms with E-state index in [4.69, 9.17) is 18.9 Å². The van der Waals surface area contributed by atoms with Crippen LogP contribution in [0.5, 0.6) is 23.0 Å². The minimum Gasteiger partial charge on any atom is -0.507 e. The highest BCUT2D eigenvalue weighted by Gasteiger charge is 2.52. The van der Waals surface area contributed by atoms with Crippen LogP contribution >= 0.6 is 0 Å². The number of carbonyl (C=O) groups is 6. The van der Waals surface area contributed by atoms with E-state index in [-0.39, 0.29) is 81.6 Å². The summed E-state index contributed by atoms with van der Waals surface area (Å²) < 4.78 is 25.0. The normalized spacial score (nSPS) is 28.8. The molecule has 2 heterocycles. The van der Waals surface area contributed by atoms with E-state index in [1.807, 2.05) is 24.3 Å². The SMILES string of the molecule is CC(=O)[C@]1(O)Cc2c(O)c3c(c(O)c2C(OC2CC(NCc4ccc(CNC5CC(O[C@H]6C[C@](O)(C(C)=O)Cc7c(O)c8c(c(O)c76)C(=O)c6c(CO)cccc6C8=O)OC(C)C5O)cc4)C(O)C(C)O2)C1)C(=O)c1c(CO)cccc1C3=O. The van der Waals surface area contributed by atoms with Crippen molar-refractivity contribution in [2.24, 2.45) is 0 Å². The second-order valence-corrected chi connectivity index (χ2v) is 23.0. The molecular formula is C62H64N2O20. The van der Waals surface area contributed by atoms with Crippen LogP contribution in [0.15, 0.2) is 60.7 Å². The first kappa shape index (κ1) is 58.6. The second kappa shape index (κ2) is 22.0. The third kappa shape index (κ3) is 9.72. The summed E-state index contributed by atoms with van der Waals surface area (Å²) in [7, 11) is 0. The number of ether oxygens (including phenoxy) is 4. The van der Waals surface area contributed by atoms with E-state index in [0.29, 0.717) is 0 Å². The molecule has 12 N–H and O–H groups in total. The van der Waals surface area contributed by atoms with Crippen molar-refractivity contribution in [2.45, 2.75) is 165 Å². The molecule has 0 aromatic heterocycles. The Kier molecular flexibility index (Phi) is 15.4. The fourth-order valence-electron chi connectivity index (χ4n) is 13.1. The van der Waals surface area contributed by atoms with Gasteiger partial charge in [0.05, 0.1) is 72.1 Å². The molecule has 6 aliphatic rings. The first-order valence-corrected chi connectivity index (χ1v) is 27.7. The fourth-order valence-corrected chi connectivity index (χ4v) is 13.1. The van der Waals surface area contributed by atoms with Crippen molar-refractivity contribution in [3.63, 3.8) is 0 Å². The third-order valence-electron chi connectivity index (χ3n) is 17.8. The summed E-state index contributed by atoms with van der Waals surface area (Å²) in [5.41, 5.74) is -5.49. The molecule has 12 atom stereocenters. The number of fused-ring (bicyclic) bond motifs is 6. The lowest BCUT2D eigenvalue weighted by atomic mass is 9.71. The van der Waals surface area contributed by atoms with Crippen molar-refractivity contribution >= 4 is 34.7 Å². The molecule has 5 aromatic carbocycles. The van der Waals surface area contributed by atoms with E-state index in [1.165, 1.54) is 36.4 Å². The number of benzene rings is 5. The lowest BCUT2D eigenvalue weighted by molar-refractivity contribution is -0.250. The topological polar surface area (TPSA) is 366 Å². The van der Waals surface area contributed by atoms with Gasteiger partial charge in [-0.15, -0.1) is 0 Å². The van der Waals surface area contributed by atoms with Gasteiger partial charge in [-0.2, -0.15) is 0 Å². The van der Waals surface area contributed by atoms with Gasteiger partial charge in [-0.05, 0) is 49.9 Å². The quantitative estimate of drug-likeness (QED) is 0.0696. The minimum atomic E-state index is -2.13. The number of carbonyl (C=O) groups excluding carboxylic acids is 6. The van der Waals surface area contributed by atoms with Crippen LogP contribution in [0, 0.1) is 0 Å². The second-order valence-electron chi connectivity index (χ2n) is 23.0. The van der Waals surface area contributed by atoms with Crippen LogP contribution in [-0.4, -0.2) is 146 Å². The van der Waals surface area contributed by atoms with Gasteiger partial charge in [0.25, 0.3) is 0 Å². The molecule has 84 heavy (non-hydrogen) atoms. The number of rotatable bonds is 14. The number of hydrogen-bond acceptors (Lipinski definition) is 22. The minimum absolute atomic E-state index is 0.00902. The molecule has 0 amide bonds. The van der Waals surface area contributed by atoms with E-state index in [0.717, 1.165) is 25.0 Å². The lowest BCUT2D eigenvalue weighted by Gasteiger charge is -2.43. The van der Waals surface area contributed by atoms with E-state index in [9.17, 15) is 79.8 Å². The first-order chi connectivity index (χ1) is 39.9. The Bertz CT molecular complexity index is 3370. The molecule has 0 saturated carbocycles. The van der Waals surface area contributed by atoms with Crippen molar-refractivity contribution in [3.05, 3.63) is 150 Å². The molecule has 2 fully saturated rings. The van der Waals surface area contributed by atoms with Crippen molar-refractivity contribution < 1.29 is 98.8 Å². The monoisotopic (exact) mass is 1160 g/mol. The van der Waals surface area contributed by atoms with E-state index in [2.05, 4.69) is 10.6 Å². The van der Waals surface area contributed by atoms with Gasteiger partial charge in [-0.25, -0.2) is 0 Å². The van der Waals surface area contributed by atoms with Crippen LogP contribution in [0.1, 0.15) is 174 Å². The first-order valence-electron chi connectivity index (χ1n) is 27.7. The van der Waals surface area contributed by atoms with Gasteiger partial charge in [-0.1, -0.05) is 60.7 Å². The number of Topliss-reactive ketones (excluding diaryl/α,β-unsaturated/α-hetero) is 2. The molecule has 0 bridgehead atoms. The zero-order chi connectivity index (χ0) is 60.2. The number of phenolic OH excluding ortho intramolecular Hbond substituents is 4. The summed E-state index contributed by atoms with van der Waals surface area (Å²) in [5.74, 6) is -7.43. The Morgan fingerprint density at radius 3 is 1.25 bits per heavy atom. The summed E-state index contributed by atoms with van der Waals surface area (Å²) in [6.45, 7) is 4.85. The van der Waals surface area contributed by atoms with Crippen molar-refractivity contribution in [1.82, 2.24) is 10.6 Å². The molecular weight excluding hydrogens is 1090 g/mol. The largest absolute Gasteiger partial charge is 0.507 e. The number of ketones is 6. The predicted octanol–water partition coefficient (Wildman–Crippen LogP) is 3.00. The van der Waals surface area contributed by atoms with Gasteiger partial charge < -0.3 is 80.6 Å². The molecule has 5 aromatic rings. The highest BCUT2D eigenvalue weighted by molar-refractivity contribution is 6.32. The maximum atomic E-state index is 14.1. The van der Waals surface area contributed by atoms with E-state index in [1.54, 1.807) is 13.8 Å². The number of nitrogens with one attached hydrogen (secondary N) is 2. The molecule has 22 nitrogen and oxygen atoms in total. The fraction of sp³-hybridized carbons (Fsp3) is 0.419. The smallest absolute Gasteiger partial charge is 0.198 e. The number of phenols is 4. The van der Waals surface area contributed by atoms with Gasteiger partial charge in [0.2, 0.25) is 0 Å². The Hall–Kier alpha value is -7.16. The summed E-state index contributed by atoms with van der Waals surface area (Å²) >= 11 is 0. The van der Waals surface area contributed by atoms with Crippen molar-refractivity contribution in [3.8, 4) is 23.0 Å². The number of aliphatic hydroxyl groups excluding tert-OH is 4. The van der Waals surface area contributed by atoms with E-state index >= 15 is 0 Å². The van der Waals surface area contributed by atoms with E-state index < -0.39 is 191 Å². The summed E-state index contributed by atoms with van der Waals surface area (Å²) in [6, 6.07) is 14.7. The number of aromatic hydroxyl groups is 4. The molecule has 11 rings (SSSR count). The maximum Gasteiger partial charge on any atom is 0.198 e. The third-order valence-corrected chi connectivity index (χ3v) is 17.8. The van der Waals surface area contributed by atoms with Crippen LogP contribution in [-0.2, 0) is 67.7 Å². The average molecular weight is 1160 g/mol. The Labute approximate surface area is 480 Å². The highest BCUT2D eigenvalue weighted by atomic mass is 16.7. The molecule has 4 aliphatic carbocycles. The summed E-state index contributed by atoms with van der Waals surface area (Å²) in [6.07, 6.45) is -10.7. The van der Waals surface area contributed by atoms with Gasteiger partial charge in [0.15, 0.2) is 47.3 Å². The average Bonchev–Trinajstić information content (AvgIpc) is 1.12. The van der Waals surface area contributed by atoms with Crippen LogP contribution in [0.2, 0.25) is 0 Å². The van der Waals surface area contributed by atoms with Gasteiger partial charge in [-0.3, -0.25) is 28.8 Å². The molecule has 2 aliphatic heterocycles. The number of aliphatic hydroxyl groups is 6. The van der Waals surface area contributed by atoms with Crippen LogP contribution in [0.25, 0.3) is 0 Å². The van der Waals surface area contributed by atoms with Crippen molar-refractivity contribution in [2.75, 3.05) is 0 Å². The zero-order valence-corrected chi connectivity index (χ0v) is 46.2.